The largest absolute Gasteiger partial charge is 0.507 e. The van der Waals surface area contributed by atoms with Gasteiger partial charge in [0, 0.05) is 79.3 Å². The number of carbonyl (C=O) groups excluding carboxylic acids is 2. The minimum absolute atomic E-state index is 0.179. The molecule has 256 valence electrons. The van der Waals surface area contributed by atoms with E-state index >= 15 is 0 Å². The number of phenols is 1. The lowest BCUT2D eigenvalue weighted by atomic mass is 9.77. The highest BCUT2D eigenvalue weighted by molar-refractivity contribution is 5.96. The molecule has 2 heterocycles. The summed E-state index contributed by atoms with van der Waals surface area (Å²) in [5.41, 5.74) is 3.74. The summed E-state index contributed by atoms with van der Waals surface area (Å²) in [6.45, 7) is 31.1. The number of esters is 2. The molecule has 1 N–H and O–H groups in total. The monoisotopic (exact) mass is 636 g/mol. The van der Waals surface area contributed by atoms with E-state index in [1.807, 2.05) is 53.9 Å². The fourth-order valence-electron chi connectivity index (χ4n) is 6.97. The summed E-state index contributed by atoms with van der Waals surface area (Å²) < 4.78 is 12.5. The normalized spacial score (nSPS) is 22.7. The Kier molecular flexibility index (Phi) is 11.2. The Labute approximate surface area is 278 Å². The van der Waals surface area contributed by atoms with E-state index in [1.54, 1.807) is 0 Å². The van der Waals surface area contributed by atoms with Crippen LogP contribution in [0.15, 0.2) is 43.3 Å². The van der Waals surface area contributed by atoms with Crippen LogP contribution < -0.4 is 0 Å². The molecule has 0 saturated carbocycles. The standard InChI is InChI=1S/C39H60N2O5/c1-15-16-17-30(27-20-31(24(2)3)34(42)32(21-27)37(6,7)8)33(35(43)45-28-18-25(4)40(13)38(9,10)22-28)36(44)46-29-19-26(5)41(14)39(11,12)23-29/h20-21,28-30,33,42H,2,4-5,15-19,22-23H2,1,3,6-14H3. The number of likely N-dealkylation sites (tertiary alicyclic amines) is 2. The van der Waals surface area contributed by atoms with Gasteiger partial charge in [-0.15, -0.1) is 0 Å². The lowest BCUT2D eigenvalue weighted by Crippen LogP contribution is -2.50. The Hall–Kier alpha value is -3.22. The molecule has 0 aliphatic carbocycles. The van der Waals surface area contributed by atoms with Gasteiger partial charge in [0.25, 0.3) is 0 Å². The van der Waals surface area contributed by atoms with Gasteiger partial charge in [0.15, 0.2) is 5.92 Å². The molecule has 3 unspecified atom stereocenters. The number of allylic oxidation sites excluding steroid dienone is 1. The van der Waals surface area contributed by atoms with Crippen molar-refractivity contribution in [2.24, 2.45) is 5.92 Å². The second-order valence-electron chi connectivity index (χ2n) is 16.0. The van der Waals surface area contributed by atoms with E-state index in [1.165, 1.54) is 0 Å². The first-order chi connectivity index (χ1) is 21.1. The van der Waals surface area contributed by atoms with E-state index in [9.17, 15) is 14.7 Å². The fraction of sp³-hybridized carbons (Fsp3) is 0.641. The number of benzene rings is 1. The van der Waals surface area contributed by atoms with Crippen molar-refractivity contribution < 1.29 is 24.2 Å². The SMILES string of the molecule is C=C(C)c1cc(C(CCCC)C(C(=O)OC2CC(=C)N(C)C(C)(C)C2)C(=O)OC2CC(=C)N(C)C(C)(C)C2)cc(C(C)(C)C)c1O. The molecule has 0 bridgehead atoms. The third-order valence-electron chi connectivity index (χ3n) is 10.3. The number of hydrogen-bond donors (Lipinski definition) is 1. The number of piperidine rings is 2. The van der Waals surface area contributed by atoms with Gasteiger partial charge in [-0.3, -0.25) is 9.59 Å². The number of carbonyl (C=O) groups is 2. The Morgan fingerprint density at radius 2 is 1.41 bits per heavy atom. The lowest BCUT2D eigenvalue weighted by Gasteiger charge is -2.46. The second-order valence-corrected chi connectivity index (χ2v) is 16.0. The summed E-state index contributed by atoms with van der Waals surface area (Å²) in [7, 11) is 4.02. The van der Waals surface area contributed by atoms with Crippen molar-refractivity contribution in [1.29, 1.82) is 0 Å². The van der Waals surface area contributed by atoms with Crippen LogP contribution in [0.25, 0.3) is 5.57 Å². The van der Waals surface area contributed by atoms with Crippen molar-refractivity contribution in [2.45, 2.75) is 142 Å². The van der Waals surface area contributed by atoms with Crippen LogP contribution in [0.4, 0.5) is 0 Å². The topological polar surface area (TPSA) is 79.3 Å². The van der Waals surface area contributed by atoms with Crippen molar-refractivity contribution in [3.63, 3.8) is 0 Å². The average molecular weight is 637 g/mol. The molecule has 0 amide bonds. The summed E-state index contributed by atoms with van der Waals surface area (Å²) in [6.07, 6.45) is 3.68. The van der Waals surface area contributed by atoms with Crippen molar-refractivity contribution in [1.82, 2.24) is 9.80 Å². The van der Waals surface area contributed by atoms with Gasteiger partial charge in [-0.25, -0.2) is 0 Å². The molecule has 3 rings (SSSR count). The van der Waals surface area contributed by atoms with Crippen molar-refractivity contribution >= 4 is 17.5 Å². The Balaban J connectivity index is 2.13. The minimum Gasteiger partial charge on any atom is -0.507 e. The zero-order valence-electron chi connectivity index (χ0n) is 30.5. The van der Waals surface area contributed by atoms with Gasteiger partial charge in [0.2, 0.25) is 0 Å². The molecule has 2 fully saturated rings. The Morgan fingerprint density at radius 1 is 0.957 bits per heavy atom. The van der Waals surface area contributed by atoms with Gasteiger partial charge in [-0.05, 0) is 63.7 Å². The van der Waals surface area contributed by atoms with Gasteiger partial charge in [-0.2, -0.15) is 0 Å². The number of unbranched alkanes of at least 4 members (excludes halogenated alkanes) is 1. The van der Waals surface area contributed by atoms with Crippen LogP contribution in [0.5, 0.6) is 5.75 Å². The van der Waals surface area contributed by atoms with Crippen molar-refractivity contribution in [3.8, 4) is 5.75 Å². The van der Waals surface area contributed by atoms with E-state index < -0.39 is 41.4 Å². The zero-order valence-corrected chi connectivity index (χ0v) is 30.5. The molecule has 2 saturated heterocycles. The average Bonchev–Trinajstić information content (AvgIpc) is 2.91. The number of rotatable bonds is 10. The maximum atomic E-state index is 14.4. The number of aromatic hydroxyl groups is 1. The summed E-state index contributed by atoms with van der Waals surface area (Å²) in [5, 5.41) is 11.3. The van der Waals surface area contributed by atoms with Crippen LogP contribution >= 0.6 is 0 Å². The molecule has 1 aromatic rings. The molecular weight excluding hydrogens is 576 g/mol. The molecule has 7 heteroatoms. The molecule has 7 nitrogen and oxygen atoms in total. The van der Waals surface area contributed by atoms with E-state index in [0.717, 1.165) is 35.4 Å². The predicted molar refractivity (Wildman–Crippen MR) is 187 cm³/mol. The van der Waals surface area contributed by atoms with Crippen LogP contribution in [-0.2, 0) is 24.5 Å². The molecular formula is C39H60N2O5. The first-order valence-electron chi connectivity index (χ1n) is 16.9. The zero-order chi connectivity index (χ0) is 34.9. The van der Waals surface area contributed by atoms with Crippen LogP contribution in [0, 0.1) is 5.92 Å². The number of hydrogen-bond acceptors (Lipinski definition) is 7. The number of phenolic OH excluding ortho intramolecular Hbond substituents is 1. The molecule has 2 aliphatic heterocycles. The highest BCUT2D eigenvalue weighted by Gasteiger charge is 2.45. The van der Waals surface area contributed by atoms with Crippen molar-refractivity contribution in [2.75, 3.05) is 14.1 Å². The third-order valence-corrected chi connectivity index (χ3v) is 10.3. The van der Waals surface area contributed by atoms with Crippen LogP contribution in [0.2, 0.25) is 0 Å². The van der Waals surface area contributed by atoms with Gasteiger partial charge in [0.1, 0.15) is 18.0 Å². The van der Waals surface area contributed by atoms with Gasteiger partial charge >= 0.3 is 11.9 Å². The molecule has 0 radical (unpaired) electrons. The maximum absolute atomic E-state index is 14.4. The Bertz CT molecular complexity index is 1290. The summed E-state index contributed by atoms with van der Waals surface area (Å²) in [6, 6.07) is 3.85. The first-order valence-corrected chi connectivity index (χ1v) is 16.9. The summed E-state index contributed by atoms with van der Waals surface area (Å²) >= 11 is 0. The van der Waals surface area contributed by atoms with Gasteiger partial charge in [0.05, 0.1) is 0 Å². The quantitative estimate of drug-likeness (QED) is 0.204. The smallest absolute Gasteiger partial charge is 0.321 e. The van der Waals surface area contributed by atoms with Gasteiger partial charge in [-0.1, -0.05) is 66.3 Å². The molecule has 3 atom stereocenters. The fourth-order valence-corrected chi connectivity index (χ4v) is 6.97. The second kappa shape index (κ2) is 13.9. The third kappa shape index (κ3) is 8.19. The highest BCUT2D eigenvalue weighted by atomic mass is 16.6. The minimum atomic E-state index is -1.19. The molecule has 1 aromatic carbocycles. The van der Waals surface area contributed by atoms with E-state index in [2.05, 4.69) is 64.2 Å². The molecule has 2 aliphatic rings. The number of ether oxygens (including phenoxy) is 2. The van der Waals surface area contributed by atoms with E-state index in [0.29, 0.717) is 43.2 Å². The Morgan fingerprint density at radius 3 is 1.78 bits per heavy atom. The summed E-state index contributed by atoms with van der Waals surface area (Å²) in [5.74, 6) is -2.67. The molecule has 0 spiro atoms. The number of nitrogens with zero attached hydrogens (tertiary/aromatic N) is 2. The molecule has 46 heavy (non-hydrogen) atoms. The first kappa shape index (κ1) is 37.2. The van der Waals surface area contributed by atoms with Crippen LogP contribution in [0.1, 0.15) is 130 Å². The van der Waals surface area contributed by atoms with E-state index in [4.69, 9.17) is 9.47 Å². The molecule has 0 aromatic heterocycles. The highest BCUT2D eigenvalue weighted by Crippen LogP contribution is 2.43. The summed E-state index contributed by atoms with van der Waals surface area (Å²) in [4.78, 5) is 33.1. The lowest BCUT2D eigenvalue weighted by molar-refractivity contribution is -0.172. The van der Waals surface area contributed by atoms with E-state index in [-0.39, 0.29) is 16.8 Å². The van der Waals surface area contributed by atoms with Crippen LogP contribution in [-0.4, -0.2) is 64.2 Å². The van der Waals surface area contributed by atoms with Gasteiger partial charge < -0.3 is 24.4 Å². The van der Waals surface area contributed by atoms with Crippen molar-refractivity contribution in [3.05, 3.63) is 60.0 Å². The maximum Gasteiger partial charge on any atom is 0.321 e. The predicted octanol–water partition coefficient (Wildman–Crippen LogP) is 8.47. The van der Waals surface area contributed by atoms with Crippen LogP contribution in [0.3, 0.4) is 0 Å².